The van der Waals surface area contributed by atoms with E-state index >= 15 is 0 Å². The van der Waals surface area contributed by atoms with Crippen LogP contribution in [0.5, 0.6) is 0 Å². The minimum atomic E-state index is 0.801. The number of aryl methyl sites for hydroxylation is 2. The van der Waals surface area contributed by atoms with Crippen LogP contribution in [0.15, 0.2) is 30.6 Å². The van der Waals surface area contributed by atoms with E-state index in [1.165, 1.54) is 10.6 Å². The zero-order chi connectivity index (χ0) is 13.2. The molecule has 0 saturated heterocycles. The number of rotatable bonds is 4. The number of fused-ring (bicyclic) bond motifs is 1. The second-order valence-corrected chi connectivity index (χ2v) is 5.86. The quantitative estimate of drug-likeness (QED) is 0.794. The maximum absolute atomic E-state index is 4.55. The fraction of sp³-hybridized carbons (Fsp3) is 0.286. The molecule has 3 heterocycles. The third kappa shape index (κ3) is 2.52. The Hall–Kier alpha value is -1.72. The molecule has 0 unspecified atom stereocenters. The lowest BCUT2D eigenvalue weighted by atomic mass is 10.3. The Morgan fingerprint density at radius 1 is 1.26 bits per heavy atom. The molecule has 3 aromatic rings. The number of nitrogens with zero attached hydrogens (tertiary/aromatic N) is 3. The Morgan fingerprint density at radius 2 is 2.16 bits per heavy atom. The number of hydrogen-bond acceptors (Lipinski definition) is 4. The molecule has 0 bridgehead atoms. The molecule has 5 heteroatoms. The molecular formula is C14H16N4S. The molecule has 0 amide bonds. The van der Waals surface area contributed by atoms with E-state index in [1.807, 2.05) is 24.4 Å². The monoisotopic (exact) mass is 272 g/mol. The van der Waals surface area contributed by atoms with Gasteiger partial charge in [-0.2, -0.15) is 0 Å². The van der Waals surface area contributed by atoms with E-state index < -0.39 is 0 Å². The molecule has 0 aliphatic carbocycles. The van der Waals surface area contributed by atoms with Crippen molar-refractivity contribution in [3.05, 3.63) is 51.9 Å². The maximum Gasteiger partial charge on any atom is 0.137 e. The summed E-state index contributed by atoms with van der Waals surface area (Å²) in [5.74, 6) is 0. The topological polar surface area (TPSA) is 42.2 Å². The standard InChI is InChI=1S/C14H16N4S/c1-10-7-16-14(19-10)9-15-8-12-11(2)17-13-5-3-4-6-18(12)13/h3-7,15H,8-9H2,1-2H3. The summed E-state index contributed by atoms with van der Waals surface area (Å²) in [6, 6.07) is 6.07. The van der Waals surface area contributed by atoms with Gasteiger partial charge in [0.15, 0.2) is 0 Å². The zero-order valence-corrected chi connectivity index (χ0v) is 11.9. The smallest absolute Gasteiger partial charge is 0.137 e. The summed E-state index contributed by atoms with van der Waals surface area (Å²) in [6.45, 7) is 5.74. The molecule has 0 aromatic carbocycles. The highest BCUT2D eigenvalue weighted by Crippen LogP contribution is 2.13. The van der Waals surface area contributed by atoms with Crippen LogP contribution in [0, 0.1) is 13.8 Å². The van der Waals surface area contributed by atoms with E-state index in [2.05, 4.69) is 39.7 Å². The van der Waals surface area contributed by atoms with E-state index in [9.17, 15) is 0 Å². The Balaban J connectivity index is 1.73. The summed E-state index contributed by atoms with van der Waals surface area (Å²) in [5, 5.41) is 4.57. The zero-order valence-electron chi connectivity index (χ0n) is 11.1. The Labute approximate surface area is 116 Å². The van der Waals surface area contributed by atoms with Gasteiger partial charge < -0.3 is 9.72 Å². The molecule has 0 saturated carbocycles. The molecule has 98 valence electrons. The van der Waals surface area contributed by atoms with Crippen molar-refractivity contribution in [3.63, 3.8) is 0 Å². The third-order valence-corrected chi connectivity index (χ3v) is 3.98. The fourth-order valence-corrected chi connectivity index (χ4v) is 2.90. The predicted octanol–water partition coefficient (Wildman–Crippen LogP) is 2.70. The molecule has 0 spiro atoms. The Morgan fingerprint density at radius 3 is 2.95 bits per heavy atom. The van der Waals surface area contributed by atoms with E-state index in [4.69, 9.17) is 0 Å². The number of pyridine rings is 1. The first kappa shape index (κ1) is 12.3. The van der Waals surface area contributed by atoms with Crippen LogP contribution in [0.2, 0.25) is 0 Å². The average molecular weight is 272 g/mol. The van der Waals surface area contributed by atoms with Crippen molar-refractivity contribution in [1.29, 1.82) is 0 Å². The summed E-state index contributed by atoms with van der Waals surface area (Å²) in [4.78, 5) is 10.2. The summed E-state index contributed by atoms with van der Waals surface area (Å²) < 4.78 is 2.13. The van der Waals surface area contributed by atoms with Gasteiger partial charge >= 0.3 is 0 Å². The van der Waals surface area contributed by atoms with Crippen LogP contribution in [0.3, 0.4) is 0 Å². The number of aromatic nitrogens is 3. The van der Waals surface area contributed by atoms with E-state index in [-0.39, 0.29) is 0 Å². The summed E-state index contributed by atoms with van der Waals surface area (Å²) >= 11 is 1.74. The lowest BCUT2D eigenvalue weighted by molar-refractivity contribution is 0.669. The van der Waals surface area contributed by atoms with Gasteiger partial charge in [0, 0.05) is 30.4 Å². The van der Waals surface area contributed by atoms with Crippen LogP contribution < -0.4 is 5.32 Å². The van der Waals surface area contributed by atoms with Crippen molar-refractivity contribution in [2.45, 2.75) is 26.9 Å². The Kier molecular flexibility index (Phi) is 3.31. The molecular weight excluding hydrogens is 256 g/mol. The third-order valence-electron chi connectivity index (χ3n) is 3.07. The first-order valence-electron chi connectivity index (χ1n) is 6.28. The van der Waals surface area contributed by atoms with Crippen LogP contribution in [0.4, 0.5) is 0 Å². The molecule has 0 fully saturated rings. The number of imidazole rings is 1. The van der Waals surface area contributed by atoms with Crippen LogP contribution in [0.25, 0.3) is 5.65 Å². The van der Waals surface area contributed by atoms with E-state index in [0.29, 0.717) is 0 Å². The molecule has 4 nitrogen and oxygen atoms in total. The summed E-state index contributed by atoms with van der Waals surface area (Å²) in [7, 11) is 0. The first-order valence-corrected chi connectivity index (χ1v) is 7.10. The van der Waals surface area contributed by atoms with E-state index in [1.54, 1.807) is 11.3 Å². The molecule has 1 N–H and O–H groups in total. The first-order chi connectivity index (χ1) is 9.24. The van der Waals surface area contributed by atoms with Gasteiger partial charge in [0.05, 0.1) is 11.4 Å². The lowest BCUT2D eigenvalue weighted by Gasteiger charge is -2.04. The SMILES string of the molecule is Cc1cnc(CNCc2c(C)nc3ccccn23)s1. The van der Waals surface area contributed by atoms with Gasteiger partial charge in [-0.1, -0.05) is 6.07 Å². The van der Waals surface area contributed by atoms with Gasteiger partial charge in [-0.25, -0.2) is 9.97 Å². The Bertz CT molecular complexity index is 698. The summed E-state index contributed by atoms with van der Waals surface area (Å²) in [5.41, 5.74) is 3.29. The van der Waals surface area contributed by atoms with Crippen LogP contribution >= 0.6 is 11.3 Å². The molecule has 0 aliphatic heterocycles. The van der Waals surface area contributed by atoms with Crippen LogP contribution in [-0.2, 0) is 13.1 Å². The van der Waals surface area contributed by atoms with Gasteiger partial charge in [0.2, 0.25) is 0 Å². The second kappa shape index (κ2) is 5.11. The highest BCUT2D eigenvalue weighted by molar-refractivity contribution is 7.11. The average Bonchev–Trinajstić information content (AvgIpc) is 2.94. The lowest BCUT2D eigenvalue weighted by Crippen LogP contribution is -2.14. The van der Waals surface area contributed by atoms with Crippen molar-refractivity contribution >= 4 is 17.0 Å². The molecule has 0 atom stereocenters. The molecule has 0 aliphatic rings. The minimum Gasteiger partial charge on any atom is -0.305 e. The minimum absolute atomic E-state index is 0.801. The van der Waals surface area contributed by atoms with E-state index in [0.717, 1.165) is 29.4 Å². The van der Waals surface area contributed by atoms with Gasteiger partial charge in [-0.3, -0.25) is 0 Å². The van der Waals surface area contributed by atoms with Crippen molar-refractivity contribution in [3.8, 4) is 0 Å². The van der Waals surface area contributed by atoms with Crippen molar-refractivity contribution in [1.82, 2.24) is 19.7 Å². The molecule has 0 radical (unpaired) electrons. The largest absolute Gasteiger partial charge is 0.305 e. The highest BCUT2D eigenvalue weighted by atomic mass is 32.1. The number of nitrogens with one attached hydrogen (secondary N) is 1. The fourth-order valence-electron chi connectivity index (χ4n) is 2.15. The molecule has 3 rings (SSSR count). The predicted molar refractivity (Wildman–Crippen MR) is 77.3 cm³/mol. The highest BCUT2D eigenvalue weighted by Gasteiger charge is 2.07. The van der Waals surface area contributed by atoms with Gasteiger partial charge in [0.25, 0.3) is 0 Å². The summed E-state index contributed by atoms with van der Waals surface area (Å²) in [6.07, 6.45) is 3.97. The van der Waals surface area contributed by atoms with Gasteiger partial charge in [-0.15, -0.1) is 11.3 Å². The van der Waals surface area contributed by atoms with Gasteiger partial charge in [0.1, 0.15) is 10.7 Å². The van der Waals surface area contributed by atoms with Crippen molar-refractivity contribution < 1.29 is 0 Å². The normalized spacial score (nSPS) is 11.3. The van der Waals surface area contributed by atoms with Crippen molar-refractivity contribution in [2.24, 2.45) is 0 Å². The van der Waals surface area contributed by atoms with Crippen LogP contribution in [-0.4, -0.2) is 14.4 Å². The molecule has 3 aromatic heterocycles. The number of thiazole rings is 1. The van der Waals surface area contributed by atoms with Crippen LogP contribution in [0.1, 0.15) is 21.3 Å². The second-order valence-electron chi connectivity index (χ2n) is 4.54. The maximum atomic E-state index is 4.55. The number of hydrogen-bond donors (Lipinski definition) is 1. The van der Waals surface area contributed by atoms with Crippen molar-refractivity contribution in [2.75, 3.05) is 0 Å². The van der Waals surface area contributed by atoms with Gasteiger partial charge in [-0.05, 0) is 26.0 Å². The molecule has 19 heavy (non-hydrogen) atoms.